The summed E-state index contributed by atoms with van der Waals surface area (Å²) in [5.41, 5.74) is 6.97. The summed E-state index contributed by atoms with van der Waals surface area (Å²) < 4.78 is 41.3. The molecule has 2 aromatic rings. The minimum atomic E-state index is -4.74. The number of nitrogens with zero attached hydrogens (tertiary/aromatic N) is 2. The van der Waals surface area contributed by atoms with Crippen molar-refractivity contribution in [2.24, 2.45) is 0 Å². The van der Waals surface area contributed by atoms with Gasteiger partial charge in [-0.05, 0) is 41.1 Å². The van der Waals surface area contributed by atoms with E-state index in [1.807, 2.05) is 29.5 Å². The van der Waals surface area contributed by atoms with Crippen molar-refractivity contribution in [2.75, 3.05) is 5.73 Å². The quantitative estimate of drug-likeness (QED) is 0.784. The lowest BCUT2D eigenvalue weighted by molar-refractivity contribution is -0.274. The Labute approximate surface area is 132 Å². The van der Waals surface area contributed by atoms with Gasteiger partial charge in [-0.2, -0.15) is 0 Å². The number of rotatable bonds is 3. The largest absolute Gasteiger partial charge is 0.573 e. The Hall–Kier alpha value is -1.58. The third-order valence-corrected chi connectivity index (χ3v) is 3.78. The topological polar surface area (TPSA) is 61.0 Å². The average Bonchev–Trinajstić information content (AvgIpc) is 2.40. The molecule has 0 aliphatic rings. The zero-order valence-corrected chi connectivity index (χ0v) is 13.1. The molecule has 0 aliphatic carbocycles. The highest BCUT2D eigenvalue weighted by molar-refractivity contribution is 14.1. The number of aryl methyl sites for hydroxylation is 1. The van der Waals surface area contributed by atoms with Crippen molar-refractivity contribution in [3.05, 3.63) is 33.5 Å². The first-order valence-corrected chi connectivity index (χ1v) is 7.06. The van der Waals surface area contributed by atoms with Crippen LogP contribution in [0.15, 0.2) is 24.3 Å². The molecule has 0 saturated carbocycles. The maximum absolute atomic E-state index is 12.2. The van der Waals surface area contributed by atoms with E-state index in [2.05, 4.69) is 14.7 Å². The number of anilines is 1. The van der Waals surface area contributed by atoms with E-state index in [1.165, 1.54) is 18.2 Å². The Balaban J connectivity index is 2.43. The predicted molar refractivity (Wildman–Crippen MR) is 80.7 cm³/mol. The molecule has 0 amide bonds. The fraction of sp³-hybridized carbons (Fsp3) is 0.231. The molecule has 0 aliphatic heterocycles. The summed E-state index contributed by atoms with van der Waals surface area (Å²) in [6, 6.07) is 5.49. The Morgan fingerprint density at radius 1 is 1.29 bits per heavy atom. The highest BCUT2D eigenvalue weighted by Gasteiger charge is 2.31. The van der Waals surface area contributed by atoms with Crippen LogP contribution in [0.4, 0.5) is 19.0 Å². The highest BCUT2D eigenvalue weighted by Crippen LogP contribution is 2.28. The first kappa shape index (κ1) is 15.8. The van der Waals surface area contributed by atoms with Gasteiger partial charge < -0.3 is 10.5 Å². The van der Waals surface area contributed by atoms with Crippen molar-refractivity contribution in [1.82, 2.24) is 9.97 Å². The van der Waals surface area contributed by atoms with Gasteiger partial charge in [-0.1, -0.05) is 19.1 Å². The van der Waals surface area contributed by atoms with Crippen LogP contribution in [0, 0.1) is 3.57 Å². The van der Waals surface area contributed by atoms with Crippen LogP contribution in [0.25, 0.3) is 11.4 Å². The van der Waals surface area contributed by atoms with Crippen LogP contribution < -0.4 is 10.5 Å². The molecular formula is C13H11F3IN3O. The van der Waals surface area contributed by atoms with Crippen LogP contribution in [-0.4, -0.2) is 16.3 Å². The van der Waals surface area contributed by atoms with Crippen LogP contribution in [-0.2, 0) is 6.42 Å². The molecule has 2 N–H and O–H groups in total. The number of nitrogen functional groups attached to an aromatic ring is 1. The first-order chi connectivity index (χ1) is 9.80. The molecule has 0 saturated heterocycles. The monoisotopic (exact) mass is 409 g/mol. The average molecular weight is 409 g/mol. The second kappa shape index (κ2) is 6.04. The van der Waals surface area contributed by atoms with Crippen LogP contribution in [0.3, 0.4) is 0 Å². The first-order valence-electron chi connectivity index (χ1n) is 5.98. The van der Waals surface area contributed by atoms with Gasteiger partial charge >= 0.3 is 6.36 Å². The lowest BCUT2D eigenvalue weighted by atomic mass is 10.2. The fourth-order valence-electron chi connectivity index (χ4n) is 1.71. The van der Waals surface area contributed by atoms with Crippen molar-refractivity contribution in [3.8, 4) is 17.1 Å². The Morgan fingerprint density at radius 2 is 2.00 bits per heavy atom. The number of hydrogen-bond acceptors (Lipinski definition) is 4. The number of alkyl halides is 3. The SMILES string of the molecule is CCc1nc(-c2cccc(OC(F)(F)F)c2)nc(N)c1I. The molecule has 8 heteroatoms. The van der Waals surface area contributed by atoms with Crippen LogP contribution in [0.2, 0.25) is 0 Å². The number of nitrogens with two attached hydrogens (primary N) is 1. The lowest BCUT2D eigenvalue weighted by Gasteiger charge is -2.11. The van der Waals surface area contributed by atoms with Crippen molar-refractivity contribution in [3.63, 3.8) is 0 Å². The summed E-state index contributed by atoms with van der Waals surface area (Å²) in [6.45, 7) is 1.91. The van der Waals surface area contributed by atoms with E-state index in [4.69, 9.17) is 5.73 Å². The van der Waals surface area contributed by atoms with Crippen molar-refractivity contribution < 1.29 is 17.9 Å². The molecule has 2 rings (SSSR count). The molecule has 1 aromatic heterocycles. The second-order valence-corrected chi connectivity index (χ2v) is 5.20. The van der Waals surface area contributed by atoms with Crippen molar-refractivity contribution >= 4 is 28.4 Å². The van der Waals surface area contributed by atoms with E-state index in [0.717, 1.165) is 9.26 Å². The van der Waals surface area contributed by atoms with E-state index in [0.29, 0.717) is 17.8 Å². The van der Waals surface area contributed by atoms with Gasteiger partial charge in [0.15, 0.2) is 5.82 Å². The van der Waals surface area contributed by atoms with E-state index in [-0.39, 0.29) is 11.6 Å². The van der Waals surface area contributed by atoms with Gasteiger partial charge in [0.2, 0.25) is 0 Å². The van der Waals surface area contributed by atoms with E-state index >= 15 is 0 Å². The summed E-state index contributed by atoms with van der Waals surface area (Å²) in [6.07, 6.45) is -4.09. The van der Waals surface area contributed by atoms with Gasteiger partial charge in [-0.3, -0.25) is 0 Å². The van der Waals surface area contributed by atoms with Gasteiger partial charge in [-0.15, -0.1) is 13.2 Å². The van der Waals surface area contributed by atoms with Crippen molar-refractivity contribution in [2.45, 2.75) is 19.7 Å². The van der Waals surface area contributed by atoms with Crippen LogP contribution in [0.1, 0.15) is 12.6 Å². The van der Waals surface area contributed by atoms with E-state index in [1.54, 1.807) is 6.07 Å². The number of hydrogen-bond donors (Lipinski definition) is 1. The maximum Gasteiger partial charge on any atom is 0.573 e. The summed E-state index contributed by atoms with van der Waals surface area (Å²) in [7, 11) is 0. The number of halogens is 4. The predicted octanol–water partition coefficient (Wildman–Crippen LogP) is 3.79. The third-order valence-electron chi connectivity index (χ3n) is 2.61. The van der Waals surface area contributed by atoms with Gasteiger partial charge in [0, 0.05) is 5.56 Å². The molecule has 21 heavy (non-hydrogen) atoms. The summed E-state index contributed by atoms with van der Waals surface area (Å²) in [5.74, 6) is 0.260. The normalized spacial score (nSPS) is 11.5. The van der Waals surface area contributed by atoms with Crippen LogP contribution >= 0.6 is 22.6 Å². The number of benzene rings is 1. The Morgan fingerprint density at radius 3 is 2.62 bits per heavy atom. The molecule has 112 valence electrons. The molecule has 0 spiro atoms. The zero-order chi connectivity index (χ0) is 15.6. The van der Waals surface area contributed by atoms with E-state index in [9.17, 15) is 13.2 Å². The number of ether oxygens (including phenoxy) is 1. The minimum absolute atomic E-state index is 0.275. The van der Waals surface area contributed by atoms with Gasteiger partial charge in [0.1, 0.15) is 11.6 Å². The molecule has 1 aromatic carbocycles. The maximum atomic E-state index is 12.2. The second-order valence-electron chi connectivity index (χ2n) is 4.12. The van der Waals surface area contributed by atoms with E-state index < -0.39 is 6.36 Å². The molecule has 0 atom stereocenters. The summed E-state index contributed by atoms with van der Waals surface area (Å²) in [5, 5.41) is 0. The van der Waals surface area contributed by atoms with Gasteiger partial charge in [0.05, 0.1) is 9.26 Å². The van der Waals surface area contributed by atoms with Gasteiger partial charge in [-0.25, -0.2) is 9.97 Å². The summed E-state index contributed by atoms with van der Waals surface area (Å²) in [4.78, 5) is 8.44. The molecular weight excluding hydrogens is 398 g/mol. The molecule has 1 heterocycles. The standard InChI is InChI=1S/C13H11F3IN3O/c1-2-9-10(17)11(18)20-12(19-9)7-4-3-5-8(6-7)21-13(14,15)16/h3-6H,2H2,1H3,(H2,18,19,20). The third kappa shape index (κ3) is 3.96. The molecule has 0 radical (unpaired) electrons. The van der Waals surface area contributed by atoms with Crippen LogP contribution in [0.5, 0.6) is 5.75 Å². The fourth-order valence-corrected chi connectivity index (χ4v) is 2.33. The Bertz CT molecular complexity index is 662. The van der Waals surface area contributed by atoms with Gasteiger partial charge in [0.25, 0.3) is 0 Å². The molecule has 4 nitrogen and oxygen atoms in total. The summed E-state index contributed by atoms with van der Waals surface area (Å²) >= 11 is 2.04. The van der Waals surface area contributed by atoms with Crippen molar-refractivity contribution in [1.29, 1.82) is 0 Å². The Kier molecular flexibility index (Phi) is 4.55. The highest BCUT2D eigenvalue weighted by atomic mass is 127. The zero-order valence-electron chi connectivity index (χ0n) is 10.9. The molecule has 0 bridgehead atoms. The minimum Gasteiger partial charge on any atom is -0.406 e. The lowest BCUT2D eigenvalue weighted by Crippen LogP contribution is -2.17. The number of aromatic nitrogens is 2. The smallest absolute Gasteiger partial charge is 0.406 e. The molecule has 0 fully saturated rings. The molecule has 0 unspecified atom stereocenters.